The van der Waals surface area contributed by atoms with E-state index >= 15 is 0 Å². The highest BCUT2D eigenvalue weighted by Crippen LogP contribution is 2.48. The van der Waals surface area contributed by atoms with Crippen LogP contribution in [0.5, 0.6) is 0 Å². The Morgan fingerprint density at radius 2 is 2.35 bits per heavy atom. The molecule has 0 aromatic carbocycles. The lowest BCUT2D eigenvalue weighted by molar-refractivity contribution is -0.140. The number of nitrogens with one attached hydrogen (secondary N) is 1. The third-order valence-electron chi connectivity index (χ3n) is 4.54. The molecule has 1 saturated heterocycles. The van der Waals surface area contributed by atoms with Crippen LogP contribution in [0.2, 0.25) is 0 Å². The number of aromatic amines is 1. The second-order valence-electron chi connectivity index (χ2n) is 6.32. The largest absolute Gasteiger partial charge is 0.366 e. The van der Waals surface area contributed by atoms with E-state index in [9.17, 15) is 4.79 Å². The number of hydrogen-bond acceptors (Lipinski definition) is 5. The van der Waals surface area contributed by atoms with Crippen molar-refractivity contribution < 1.29 is 9.53 Å². The molecule has 1 aliphatic heterocycles. The number of amides is 1. The van der Waals surface area contributed by atoms with Crippen molar-refractivity contribution >= 4 is 5.91 Å². The fourth-order valence-corrected chi connectivity index (χ4v) is 3.21. The normalized spacial score (nSPS) is 27.2. The SMILES string of the molecule is Cc1nc([C@@H]2CN(C(=O)[C@@H]3C[C@H]3c3cnn(C)c3)CCO2)n[nH]1. The summed E-state index contributed by atoms with van der Waals surface area (Å²) >= 11 is 0. The third kappa shape index (κ3) is 2.74. The van der Waals surface area contributed by atoms with E-state index in [1.54, 1.807) is 4.68 Å². The van der Waals surface area contributed by atoms with Gasteiger partial charge < -0.3 is 9.64 Å². The van der Waals surface area contributed by atoms with Crippen LogP contribution >= 0.6 is 0 Å². The van der Waals surface area contributed by atoms with Crippen LogP contribution in [0.25, 0.3) is 0 Å². The maximum atomic E-state index is 12.7. The highest BCUT2D eigenvalue weighted by molar-refractivity contribution is 5.83. The van der Waals surface area contributed by atoms with Crippen LogP contribution in [0.3, 0.4) is 0 Å². The van der Waals surface area contributed by atoms with E-state index in [2.05, 4.69) is 20.3 Å². The van der Waals surface area contributed by atoms with Gasteiger partial charge in [0.25, 0.3) is 0 Å². The Kier molecular flexibility index (Phi) is 3.41. The van der Waals surface area contributed by atoms with Crippen LogP contribution < -0.4 is 0 Å². The van der Waals surface area contributed by atoms with Crippen LogP contribution in [-0.2, 0) is 16.6 Å². The number of carbonyl (C=O) groups excluding carboxylic acids is 1. The quantitative estimate of drug-likeness (QED) is 0.893. The van der Waals surface area contributed by atoms with E-state index < -0.39 is 0 Å². The van der Waals surface area contributed by atoms with Crippen LogP contribution in [0.15, 0.2) is 12.4 Å². The smallest absolute Gasteiger partial charge is 0.226 e. The number of aryl methyl sites for hydroxylation is 2. The lowest BCUT2D eigenvalue weighted by Crippen LogP contribution is -2.43. The third-order valence-corrected chi connectivity index (χ3v) is 4.54. The maximum absolute atomic E-state index is 12.7. The molecule has 0 spiro atoms. The first kappa shape index (κ1) is 14.4. The van der Waals surface area contributed by atoms with Gasteiger partial charge in [-0.1, -0.05) is 0 Å². The summed E-state index contributed by atoms with van der Waals surface area (Å²) in [5, 5.41) is 11.2. The predicted molar refractivity (Wildman–Crippen MR) is 80.4 cm³/mol. The molecular weight excluding hydrogens is 296 g/mol. The lowest BCUT2D eigenvalue weighted by Gasteiger charge is -2.31. The molecule has 4 rings (SSSR count). The average Bonchev–Trinajstić information content (AvgIpc) is 3.04. The van der Waals surface area contributed by atoms with E-state index in [1.807, 2.05) is 31.3 Å². The predicted octanol–water partition coefficient (Wildman–Crippen LogP) is 0.550. The number of aromatic nitrogens is 5. The number of morpholine rings is 1. The van der Waals surface area contributed by atoms with Crippen LogP contribution in [0.4, 0.5) is 0 Å². The van der Waals surface area contributed by atoms with Crippen molar-refractivity contribution in [3.05, 3.63) is 29.6 Å². The Morgan fingerprint density at radius 3 is 3.04 bits per heavy atom. The standard InChI is InChI=1S/C15H20N6O2/c1-9-17-14(19-18-9)13-8-21(3-4-23-13)15(22)12-5-11(12)10-6-16-20(2)7-10/h6-7,11-13H,3-5,8H2,1-2H3,(H,17,18,19)/t11-,12+,13-/m0/s1. The number of rotatable bonds is 3. The first-order valence-electron chi connectivity index (χ1n) is 7.89. The van der Waals surface area contributed by atoms with E-state index in [-0.39, 0.29) is 17.9 Å². The van der Waals surface area contributed by atoms with E-state index in [0.29, 0.717) is 31.4 Å². The van der Waals surface area contributed by atoms with Gasteiger partial charge >= 0.3 is 0 Å². The summed E-state index contributed by atoms with van der Waals surface area (Å²) in [5.41, 5.74) is 1.15. The van der Waals surface area contributed by atoms with Crippen molar-refractivity contribution in [1.29, 1.82) is 0 Å². The van der Waals surface area contributed by atoms with Crippen molar-refractivity contribution in [3.63, 3.8) is 0 Å². The van der Waals surface area contributed by atoms with Gasteiger partial charge in [-0.15, -0.1) is 0 Å². The zero-order chi connectivity index (χ0) is 16.0. The van der Waals surface area contributed by atoms with Crippen molar-refractivity contribution in [2.75, 3.05) is 19.7 Å². The summed E-state index contributed by atoms with van der Waals surface area (Å²) in [6.07, 6.45) is 4.52. The Balaban J connectivity index is 1.41. The van der Waals surface area contributed by atoms with Gasteiger partial charge in [0, 0.05) is 25.7 Å². The number of nitrogens with zero attached hydrogens (tertiary/aromatic N) is 5. The Labute approximate surface area is 133 Å². The Hall–Kier alpha value is -2.22. The Bertz CT molecular complexity index is 723. The molecule has 0 unspecified atom stereocenters. The summed E-state index contributed by atoms with van der Waals surface area (Å²) in [6.45, 7) is 3.53. The molecule has 2 aromatic rings. The molecule has 1 aliphatic carbocycles. The first-order valence-corrected chi connectivity index (χ1v) is 7.89. The molecule has 1 amide bonds. The maximum Gasteiger partial charge on any atom is 0.226 e. The first-order chi connectivity index (χ1) is 11.1. The summed E-state index contributed by atoms with van der Waals surface area (Å²) in [5.74, 6) is 1.97. The van der Waals surface area contributed by atoms with E-state index in [4.69, 9.17) is 4.74 Å². The van der Waals surface area contributed by atoms with Crippen molar-refractivity contribution in [2.24, 2.45) is 13.0 Å². The van der Waals surface area contributed by atoms with Gasteiger partial charge in [0.1, 0.15) is 11.9 Å². The lowest BCUT2D eigenvalue weighted by atomic mass is 10.1. The topological polar surface area (TPSA) is 88.9 Å². The highest BCUT2D eigenvalue weighted by atomic mass is 16.5. The summed E-state index contributed by atoms with van der Waals surface area (Å²) in [6, 6.07) is 0. The van der Waals surface area contributed by atoms with Crippen molar-refractivity contribution in [3.8, 4) is 0 Å². The fraction of sp³-hybridized carbons (Fsp3) is 0.600. The average molecular weight is 316 g/mol. The summed E-state index contributed by atoms with van der Waals surface area (Å²) in [4.78, 5) is 18.9. The fourth-order valence-electron chi connectivity index (χ4n) is 3.21. The molecule has 1 saturated carbocycles. The monoisotopic (exact) mass is 316 g/mol. The molecule has 2 fully saturated rings. The molecule has 2 aliphatic rings. The molecule has 0 bridgehead atoms. The molecule has 0 radical (unpaired) electrons. The molecule has 1 N–H and O–H groups in total. The molecule has 8 nitrogen and oxygen atoms in total. The number of H-pyrrole nitrogens is 1. The zero-order valence-corrected chi connectivity index (χ0v) is 13.3. The molecular formula is C15H20N6O2. The van der Waals surface area contributed by atoms with Crippen molar-refractivity contribution in [1.82, 2.24) is 29.9 Å². The molecule has 3 atom stereocenters. The zero-order valence-electron chi connectivity index (χ0n) is 13.3. The number of hydrogen-bond donors (Lipinski definition) is 1. The van der Waals surface area contributed by atoms with Crippen LogP contribution in [-0.4, -0.2) is 55.5 Å². The minimum absolute atomic E-state index is 0.0758. The minimum atomic E-state index is -0.242. The molecule has 8 heteroatoms. The molecule has 122 valence electrons. The molecule has 23 heavy (non-hydrogen) atoms. The summed E-state index contributed by atoms with van der Waals surface area (Å²) < 4.78 is 7.50. The number of carbonyl (C=O) groups is 1. The van der Waals surface area contributed by atoms with Gasteiger partial charge in [-0.05, 0) is 24.8 Å². The van der Waals surface area contributed by atoms with Gasteiger partial charge in [-0.3, -0.25) is 14.6 Å². The van der Waals surface area contributed by atoms with Gasteiger partial charge in [-0.2, -0.15) is 10.2 Å². The Morgan fingerprint density at radius 1 is 1.48 bits per heavy atom. The molecule has 3 heterocycles. The number of ether oxygens (including phenoxy) is 1. The molecule has 2 aromatic heterocycles. The highest BCUT2D eigenvalue weighted by Gasteiger charge is 2.47. The second-order valence-corrected chi connectivity index (χ2v) is 6.32. The van der Waals surface area contributed by atoms with Gasteiger partial charge in [0.15, 0.2) is 5.82 Å². The van der Waals surface area contributed by atoms with Gasteiger partial charge in [0.05, 0.1) is 19.3 Å². The van der Waals surface area contributed by atoms with Crippen LogP contribution in [0, 0.1) is 12.8 Å². The second kappa shape index (κ2) is 5.45. The van der Waals surface area contributed by atoms with Crippen LogP contribution in [0.1, 0.15) is 35.7 Å². The summed E-state index contributed by atoms with van der Waals surface area (Å²) in [7, 11) is 1.90. The van der Waals surface area contributed by atoms with Crippen molar-refractivity contribution in [2.45, 2.75) is 25.4 Å². The van der Waals surface area contributed by atoms with E-state index in [0.717, 1.165) is 17.8 Å². The van der Waals surface area contributed by atoms with Gasteiger partial charge in [0.2, 0.25) is 5.91 Å². The van der Waals surface area contributed by atoms with E-state index in [1.165, 1.54) is 0 Å². The minimum Gasteiger partial charge on any atom is -0.366 e. The van der Waals surface area contributed by atoms with Gasteiger partial charge in [-0.25, -0.2) is 4.98 Å².